The number of carbonyl (C=O) groups excluding carboxylic acids is 1. The second kappa shape index (κ2) is 14.0. The summed E-state index contributed by atoms with van der Waals surface area (Å²) >= 11 is 0. The van der Waals surface area contributed by atoms with Crippen molar-refractivity contribution in [3.05, 3.63) is 0 Å². The number of rotatable bonds is 7. The van der Waals surface area contributed by atoms with E-state index in [2.05, 4.69) is 0 Å². The summed E-state index contributed by atoms with van der Waals surface area (Å²) in [5, 5.41) is 0. The number of hydrogen-bond acceptors (Lipinski definition) is 3. The van der Waals surface area contributed by atoms with Gasteiger partial charge in [0.05, 0.1) is 12.5 Å². The van der Waals surface area contributed by atoms with E-state index in [1.165, 1.54) is 0 Å². The lowest BCUT2D eigenvalue weighted by Crippen LogP contribution is -2.14. The summed E-state index contributed by atoms with van der Waals surface area (Å²) < 4.78 is 4.90. The van der Waals surface area contributed by atoms with Crippen LogP contribution in [0.1, 0.15) is 39.5 Å². The Bertz CT molecular complexity index is 145. The molecule has 15 heavy (non-hydrogen) atoms. The van der Waals surface area contributed by atoms with Crippen molar-refractivity contribution in [3.8, 4) is 0 Å². The van der Waals surface area contributed by atoms with Crippen LogP contribution in [-0.4, -0.2) is 19.1 Å². The van der Waals surface area contributed by atoms with Gasteiger partial charge in [0.15, 0.2) is 0 Å². The molecular formula is C10H23Cl2NO2. The molecule has 0 radical (unpaired) electrons. The lowest BCUT2D eigenvalue weighted by molar-refractivity contribution is -0.147. The summed E-state index contributed by atoms with van der Waals surface area (Å²) in [6, 6.07) is 0. The molecule has 0 aliphatic carbocycles. The highest BCUT2D eigenvalue weighted by Gasteiger charge is 2.12. The lowest BCUT2D eigenvalue weighted by atomic mass is 10.0. The fourth-order valence-corrected chi connectivity index (χ4v) is 1.17. The van der Waals surface area contributed by atoms with Gasteiger partial charge in [-0.1, -0.05) is 19.8 Å². The summed E-state index contributed by atoms with van der Waals surface area (Å²) in [6.07, 6.45) is 4.14. The molecule has 0 aromatic rings. The Morgan fingerprint density at radius 2 is 1.87 bits per heavy atom. The summed E-state index contributed by atoms with van der Waals surface area (Å²) in [4.78, 5) is 11.2. The molecule has 0 aliphatic rings. The van der Waals surface area contributed by atoms with E-state index < -0.39 is 0 Å². The zero-order chi connectivity index (χ0) is 10.1. The van der Waals surface area contributed by atoms with E-state index in [9.17, 15) is 4.79 Å². The number of hydrogen-bond donors (Lipinski definition) is 1. The average molecular weight is 260 g/mol. The van der Waals surface area contributed by atoms with Crippen molar-refractivity contribution in [2.45, 2.75) is 39.5 Å². The monoisotopic (exact) mass is 259 g/mol. The van der Waals surface area contributed by atoms with Crippen LogP contribution >= 0.6 is 24.8 Å². The molecule has 0 amide bonds. The maximum atomic E-state index is 11.2. The SMILES string of the molecule is CCOC(=O)C(C)CCCCCN.Cl.Cl. The van der Waals surface area contributed by atoms with Gasteiger partial charge in [-0.15, -0.1) is 24.8 Å². The Labute approximate surface area is 105 Å². The molecular weight excluding hydrogens is 237 g/mol. The van der Waals surface area contributed by atoms with Gasteiger partial charge in [-0.25, -0.2) is 0 Å². The fourth-order valence-electron chi connectivity index (χ4n) is 1.17. The highest BCUT2D eigenvalue weighted by atomic mass is 35.5. The topological polar surface area (TPSA) is 52.3 Å². The molecule has 1 atom stereocenters. The summed E-state index contributed by atoms with van der Waals surface area (Å²) in [5.74, 6) is -0.0343. The third-order valence-electron chi connectivity index (χ3n) is 2.03. The first-order valence-electron chi connectivity index (χ1n) is 5.09. The molecule has 0 spiro atoms. The molecule has 5 heteroatoms. The molecule has 3 nitrogen and oxygen atoms in total. The van der Waals surface area contributed by atoms with Crippen LogP contribution in [0.3, 0.4) is 0 Å². The van der Waals surface area contributed by atoms with E-state index in [1.807, 2.05) is 13.8 Å². The third-order valence-corrected chi connectivity index (χ3v) is 2.03. The Kier molecular flexibility index (Phi) is 19.1. The molecule has 94 valence electrons. The van der Waals surface area contributed by atoms with E-state index in [4.69, 9.17) is 10.5 Å². The van der Waals surface area contributed by atoms with Crippen LogP contribution in [0.2, 0.25) is 0 Å². The highest BCUT2D eigenvalue weighted by molar-refractivity contribution is 5.85. The maximum Gasteiger partial charge on any atom is 0.308 e. The Morgan fingerprint density at radius 3 is 2.33 bits per heavy atom. The second-order valence-corrected chi connectivity index (χ2v) is 3.29. The van der Waals surface area contributed by atoms with Gasteiger partial charge in [0.2, 0.25) is 0 Å². The van der Waals surface area contributed by atoms with Crippen molar-refractivity contribution < 1.29 is 9.53 Å². The van der Waals surface area contributed by atoms with Crippen LogP contribution in [0.25, 0.3) is 0 Å². The summed E-state index contributed by atoms with van der Waals surface area (Å²) in [7, 11) is 0. The molecule has 0 bridgehead atoms. The van der Waals surface area contributed by atoms with E-state index in [0.717, 1.165) is 32.2 Å². The minimum atomic E-state index is -0.0738. The van der Waals surface area contributed by atoms with Crippen molar-refractivity contribution in [1.82, 2.24) is 0 Å². The average Bonchev–Trinajstić information content (AvgIpc) is 2.12. The van der Waals surface area contributed by atoms with Gasteiger partial charge in [-0.05, 0) is 26.3 Å². The van der Waals surface area contributed by atoms with Crippen LogP contribution in [0.4, 0.5) is 0 Å². The number of ether oxygens (including phenoxy) is 1. The molecule has 0 fully saturated rings. The van der Waals surface area contributed by atoms with Gasteiger partial charge < -0.3 is 10.5 Å². The molecule has 0 rings (SSSR count). The minimum Gasteiger partial charge on any atom is -0.466 e. The number of unbranched alkanes of at least 4 members (excludes halogenated alkanes) is 2. The van der Waals surface area contributed by atoms with Gasteiger partial charge in [-0.2, -0.15) is 0 Å². The Balaban J connectivity index is -0.000000720. The van der Waals surface area contributed by atoms with E-state index in [0.29, 0.717) is 6.61 Å². The normalized spacial score (nSPS) is 10.9. The molecule has 2 N–H and O–H groups in total. The predicted octanol–water partition coefficient (Wildman–Crippen LogP) is 2.55. The fraction of sp³-hybridized carbons (Fsp3) is 0.900. The van der Waals surface area contributed by atoms with Crippen molar-refractivity contribution >= 4 is 30.8 Å². The van der Waals surface area contributed by atoms with Crippen molar-refractivity contribution in [2.75, 3.05) is 13.2 Å². The highest BCUT2D eigenvalue weighted by Crippen LogP contribution is 2.10. The first-order valence-corrected chi connectivity index (χ1v) is 5.09. The zero-order valence-electron chi connectivity index (χ0n) is 9.53. The zero-order valence-corrected chi connectivity index (χ0v) is 11.2. The first-order chi connectivity index (χ1) is 6.22. The van der Waals surface area contributed by atoms with Gasteiger partial charge in [-0.3, -0.25) is 4.79 Å². The van der Waals surface area contributed by atoms with Gasteiger partial charge in [0, 0.05) is 0 Å². The molecule has 0 heterocycles. The smallest absolute Gasteiger partial charge is 0.308 e. The Hall–Kier alpha value is 0.01000. The number of carbonyl (C=O) groups is 1. The number of nitrogens with two attached hydrogens (primary N) is 1. The van der Waals surface area contributed by atoms with E-state index in [1.54, 1.807) is 0 Å². The third kappa shape index (κ3) is 11.9. The largest absolute Gasteiger partial charge is 0.466 e. The molecule has 0 aliphatic heterocycles. The molecule has 1 unspecified atom stereocenters. The van der Waals surface area contributed by atoms with E-state index in [-0.39, 0.29) is 36.7 Å². The molecule has 0 saturated heterocycles. The van der Waals surface area contributed by atoms with Crippen LogP contribution in [0.5, 0.6) is 0 Å². The summed E-state index contributed by atoms with van der Waals surface area (Å²) in [5.41, 5.74) is 5.36. The number of halogens is 2. The predicted molar refractivity (Wildman–Crippen MR) is 67.8 cm³/mol. The molecule has 0 aromatic heterocycles. The van der Waals surface area contributed by atoms with Gasteiger partial charge >= 0.3 is 5.97 Å². The van der Waals surface area contributed by atoms with Crippen molar-refractivity contribution in [3.63, 3.8) is 0 Å². The van der Waals surface area contributed by atoms with Crippen molar-refractivity contribution in [1.29, 1.82) is 0 Å². The quantitative estimate of drug-likeness (QED) is 0.565. The van der Waals surface area contributed by atoms with Crippen LogP contribution in [-0.2, 0) is 9.53 Å². The van der Waals surface area contributed by atoms with E-state index >= 15 is 0 Å². The van der Waals surface area contributed by atoms with Crippen LogP contribution in [0.15, 0.2) is 0 Å². The van der Waals surface area contributed by atoms with Crippen LogP contribution in [0, 0.1) is 5.92 Å². The first kappa shape index (κ1) is 20.4. The van der Waals surface area contributed by atoms with Gasteiger partial charge in [0.1, 0.15) is 0 Å². The second-order valence-electron chi connectivity index (χ2n) is 3.29. The van der Waals surface area contributed by atoms with Crippen molar-refractivity contribution in [2.24, 2.45) is 11.7 Å². The van der Waals surface area contributed by atoms with Crippen LogP contribution < -0.4 is 5.73 Å². The maximum absolute atomic E-state index is 11.2. The standard InChI is InChI=1S/C10H21NO2.2ClH/c1-3-13-10(12)9(2)7-5-4-6-8-11;;/h9H,3-8,11H2,1-2H3;2*1H. The minimum absolute atomic E-state index is 0. The Morgan fingerprint density at radius 1 is 1.27 bits per heavy atom. The van der Waals surface area contributed by atoms with Gasteiger partial charge in [0.25, 0.3) is 0 Å². The molecule has 0 aromatic carbocycles. The lowest BCUT2D eigenvalue weighted by Gasteiger charge is -2.09. The molecule has 0 saturated carbocycles. The summed E-state index contributed by atoms with van der Waals surface area (Å²) in [6.45, 7) is 4.97. The number of esters is 1.